The van der Waals surface area contributed by atoms with Gasteiger partial charge in [-0.15, -0.1) is 0 Å². The highest BCUT2D eigenvalue weighted by atomic mass is 16.5. The lowest BCUT2D eigenvalue weighted by Crippen LogP contribution is -2.40. The molecule has 2 N–H and O–H groups in total. The first-order valence-corrected chi connectivity index (χ1v) is 11.9. The van der Waals surface area contributed by atoms with Crippen molar-refractivity contribution in [1.29, 1.82) is 0 Å². The van der Waals surface area contributed by atoms with Crippen LogP contribution in [0.1, 0.15) is 58.8 Å². The quantitative estimate of drug-likeness (QED) is 0.394. The van der Waals surface area contributed by atoms with Crippen molar-refractivity contribution in [2.45, 2.75) is 46.2 Å². The first-order chi connectivity index (χ1) is 16.9. The van der Waals surface area contributed by atoms with Gasteiger partial charge in [0.15, 0.2) is 0 Å². The molecule has 4 aromatic rings. The summed E-state index contributed by atoms with van der Waals surface area (Å²) in [6, 6.07) is 16.8. The number of rotatable bonds is 9. The zero-order chi connectivity index (χ0) is 24.9. The lowest BCUT2D eigenvalue weighted by Gasteiger charge is -2.32. The van der Waals surface area contributed by atoms with Crippen molar-refractivity contribution in [2.24, 2.45) is 5.73 Å². The minimum absolute atomic E-state index is 0.122. The van der Waals surface area contributed by atoms with Gasteiger partial charge in [-0.2, -0.15) is 4.98 Å². The Morgan fingerprint density at radius 2 is 1.91 bits per heavy atom. The second-order valence-corrected chi connectivity index (χ2v) is 8.73. The van der Waals surface area contributed by atoms with Crippen LogP contribution in [0.15, 0.2) is 63.9 Å². The number of aryl methyl sites for hydroxylation is 2. The van der Waals surface area contributed by atoms with Gasteiger partial charge < -0.3 is 15.2 Å². The van der Waals surface area contributed by atoms with Crippen molar-refractivity contribution in [3.63, 3.8) is 0 Å². The Balaban J connectivity index is 1.88. The molecule has 0 aliphatic carbocycles. The van der Waals surface area contributed by atoms with E-state index in [9.17, 15) is 9.59 Å². The van der Waals surface area contributed by atoms with E-state index in [2.05, 4.69) is 5.16 Å². The molecule has 182 valence electrons. The highest BCUT2D eigenvalue weighted by Gasteiger charge is 2.30. The number of aromatic nitrogens is 3. The molecule has 8 heteroatoms. The lowest BCUT2D eigenvalue weighted by atomic mass is 10.1. The van der Waals surface area contributed by atoms with Crippen molar-refractivity contribution in [3.8, 4) is 0 Å². The molecule has 1 amide bonds. The Kier molecular flexibility index (Phi) is 7.41. The number of amides is 1. The Labute approximate surface area is 204 Å². The molecular formula is C27H31N5O3. The van der Waals surface area contributed by atoms with Crippen molar-refractivity contribution in [3.05, 3.63) is 93.2 Å². The van der Waals surface area contributed by atoms with Crippen LogP contribution in [-0.2, 0) is 6.54 Å². The first-order valence-electron chi connectivity index (χ1n) is 11.9. The monoisotopic (exact) mass is 473 g/mol. The van der Waals surface area contributed by atoms with E-state index < -0.39 is 6.04 Å². The summed E-state index contributed by atoms with van der Waals surface area (Å²) in [5.74, 6) is 0.353. The van der Waals surface area contributed by atoms with Crippen LogP contribution in [0.5, 0.6) is 0 Å². The zero-order valence-electron chi connectivity index (χ0n) is 20.4. The van der Waals surface area contributed by atoms with Gasteiger partial charge >= 0.3 is 0 Å². The van der Waals surface area contributed by atoms with Crippen LogP contribution in [0.25, 0.3) is 11.1 Å². The van der Waals surface area contributed by atoms with E-state index in [1.54, 1.807) is 16.4 Å². The SMILES string of the molecule is CCC(c1nc2onc(C)c2c(=O)n1Cc1ccccc1)N(CCCN)C(=O)c1cccc(C)c1. The maximum atomic E-state index is 13.7. The number of fused-ring (bicyclic) bond motifs is 1. The molecule has 0 fully saturated rings. The number of benzene rings is 2. The first kappa shape index (κ1) is 24.3. The molecular weight excluding hydrogens is 442 g/mol. The normalized spacial score (nSPS) is 12.1. The largest absolute Gasteiger partial charge is 0.335 e. The second-order valence-electron chi connectivity index (χ2n) is 8.73. The standard InChI is InChI=1S/C27H31N5O3/c1-4-22(31(15-9-14-28)26(33)21-13-8-10-18(2)16-21)24-29-25-23(19(3)30-35-25)27(34)32(24)17-20-11-6-5-7-12-20/h5-8,10-13,16,22H,4,9,14-15,17,28H2,1-3H3. The smallest absolute Gasteiger partial charge is 0.267 e. The maximum absolute atomic E-state index is 13.7. The van der Waals surface area contributed by atoms with E-state index in [0.717, 1.165) is 11.1 Å². The van der Waals surface area contributed by atoms with E-state index in [0.29, 0.717) is 54.9 Å². The van der Waals surface area contributed by atoms with Crippen LogP contribution in [-0.4, -0.2) is 38.6 Å². The van der Waals surface area contributed by atoms with Gasteiger partial charge in [-0.25, -0.2) is 0 Å². The third kappa shape index (κ3) is 5.02. The van der Waals surface area contributed by atoms with E-state index in [4.69, 9.17) is 15.2 Å². The van der Waals surface area contributed by atoms with Gasteiger partial charge in [0.25, 0.3) is 17.2 Å². The van der Waals surface area contributed by atoms with Crippen molar-refractivity contribution in [1.82, 2.24) is 19.6 Å². The minimum atomic E-state index is -0.458. The molecule has 0 bridgehead atoms. The summed E-state index contributed by atoms with van der Waals surface area (Å²) in [7, 11) is 0. The molecule has 1 atom stereocenters. The van der Waals surface area contributed by atoms with E-state index in [-0.39, 0.29) is 17.2 Å². The van der Waals surface area contributed by atoms with Crippen LogP contribution in [0.3, 0.4) is 0 Å². The molecule has 8 nitrogen and oxygen atoms in total. The molecule has 0 spiro atoms. The molecule has 2 heterocycles. The minimum Gasteiger partial charge on any atom is -0.335 e. The molecule has 0 aliphatic heterocycles. The summed E-state index contributed by atoms with van der Waals surface area (Å²) in [6.45, 7) is 6.88. The molecule has 0 aliphatic rings. The predicted octanol–water partition coefficient (Wildman–Crippen LogP) is 3.99. The summed E-state index contributed by atoms with van der Waals surface area (Å²) in [4.78, 5) is 33.9. The van der Waals surface area contributed by atoms with E-state index in [1.165, 1.54) is 0 Å². The molecule has 4 rings (SSSR count). The summed E-state index contributed by atoms with van der Waals surface area (Å²) in [5.41, 5.74) is 8.82. The average molecular weight is 474 g/mol. The number of hydrogen-bond acceptors (Lipinski definition) is 6. The van der Waals surface area contributed by atoms with Gasteiger partial charge in [0.2, 0.25) is 0 Å². The number of hydrogen-bond donors (Lipinski definition) is 1. The van der Waals surface area contributed by atoms with Gasteiger partial charge in [-0.3, -0.25) is 14.2 Å². The van der Waals surface area contributed by atoms with Gasteiger partial charge in [-0.1, -0.05) is 60.1 Å². The highest BCUT2D eigenvalue weighted by molar-refractivity contribution is 5.94. The van der Waals surface area contributed by atoms with Crippen LogP contribution in [0.2, 0.25) is 0 Å². The third-order valence-corrected chi connectivity index (χ3v) is 6.17. The second kappa shape index (κ2) is 10.7. The van der Waals surface area contributed by atoms with Crippen LogP contribution < -0.4 is 11.3 Å². The highest BCUT2D eigenvalue weighted by Crippen LogP contribution is 2.27. The van der Waals surface area contributed by atoms with Gasteiger partial charge in [0, 0.05) is 12.1 Å². The Morgan fingerprint density at radius 3 is 2.60 bits per heavy atom. The van der Waals surface area contributed by atoms with E-state index in [1.807, 2.05) is 68.4 Å². The lowest BCUT2D eigenvalue weighted by molar-refractivity contribution is 0.0655. The number of carbonyl (C=O) groups excluding carboxylic acids is 1. The van der Waals surface area contributed by atoms with Crippen LogP contribution in [0, 0.1) is 13.8 Å². The zero-order valence-corrected chi connectivity index (χ0v) is 20.4. The molecule has 2 aromatic carbocycles. The molecule has 35 heavy (non-hydrogen) atoms. The Morgan fingerprint density at radius 1 is 1.14 bits per heavy atom. The fourth-order valence-electron chi connectivity index (χ4n) is 4.40. The molecule has 1 unspecified atom stereocenters. The fraction of sp³-hybridized carbons (Fsp3) is 0.333. The fourth-order valence-corrected chi connectivity index (χ4v) is 4.40. The van der Waals surface area contributed by atoms with Crippen molar-refractivity contribution in [2.75, 3.05) is 13.1 Å². The van der Waals surface area contributed by atoms with Crippen molar-refractivity contribution < 1.29 is 9.32 Å². The third-order valence-electron chi connectivity index (χ3n) is 6.17. The Bertz CT molecular complexity index is 1380. The molecule has 0 saturated carbocycles. The van der Waals surface area contributed by atoms with Gasteiger partial charge in [0.1, 0.15) is 11.2 Å². The number of carbonyl (C=O) groups is 1. The summed E-state index contributed by atoms with van der Waals surface area (Å²) >= 11 is 0. The maximum Gasteiger partial charge on any atom is 0.267 e. The molecule has 0 saturated heterocycles. The van der Waals surface area contributed by atoms with Crippen molar-refractivity contribution >= 4 is 17.0 Å². The number of nitrogens with zero attached hydrogens (tertiary/aromatic N) is 4. The van der Waals surface area contributed by atoms with E-state index >= 15 is 0 Å². The number of nitrogens with two attached hydrogens (primary N) is 1. The summed E-state index contributed by atoms with van der Waals surface area (Å²) in [6.07, 6.45) is 1.18. The molecule has 0 radical (unpaired) electrons. The molecule has 2 aromatic heterocycles. The summed E-state index contributed by atoms with van der Waals surface area (Å²) in [5, 5.41) is 4.33. The average Bonchev–Trinajstić information content (AvgIpc) is 3.24. The van der Waals surface area contributed by atoms with Gasteiger partial charge in [0.05, 0.1) is 18.3 Å². The van der Waals surface area contributed by atoms with Crippen LogP contribution in [0.4, 0.5) is 0 Å². The Hall–Kier alpha value is -3.78. The van der Waals surface area contributed by atoms with Crippen LogP contribution >= 0.6 is 0 Å². The topological polar surface area (TPSA) is 107 Å². The predicted molar refractivity (Wildman–Crippen MR) is 135 cm³/mol. The summed E-state index contributed by atoms with van der Waals surface area (Å²) < 4.78 is 7.04. The van der Waals surface area contributed by atoms with Gasteiger partial charge in [-0.05, 0) is 50.9 Å².